The Morgan fingerprint density at radius 3 is 2.33 bits per heavy atom. The molecule has 2 rings (SSSR count). The summed E-state index contributed by atoms with van der Waals surface area (Å²) in [5.74, 6) is 0.0578. The lowest BCUT2D eigenvalue weighted by atomic mass is 10.0. The van der Waals surface area contributed by atoms with Crippen molar-refractivity contribution in [3.63, 3.8) is 0 Å². The number of hydrogen-bond acceptors (Lipinski definition) is 2. The van der Waals surface area contributed by atoms with Crippen molar-refractivity contribution in [2.45, 2.75) is 79.1 Å². The molecule has 0 aromatic heterocycles. The lowest BCUT2D eigenvalue weighted by Crippen LogP contribution is -2.42. The van der Waals surface area contributed by atoms with Crippen LogP contribution in [-0.4, -0.2) is 23.1 Å². The van der Waals surface area contributed by atoms with Crippen molar-refractivity contribution in [3.05, 3.63) is 46.7 Å². The number of ether oxygens (including phenoxy) is 1. The third-order valence-corrected chi connectivity index (χ3v) is 4.33. The summed E-state index contributed by atoms with van der Waals surface area (Å²) in [7, 11) is 0. The molecular formula is C21H31NO2. The van der Waals surface area contributed by atoms with E-state index in [1.807, 2.05) is 44.7 Å². The van der Waals surface area contributed by atoms with E-state index >= 15 is 0 Å². The molecule has 0 fully saturated rings. The van der Waals surface area contributed by atoms with Crippen LogP contribution in [0.2, 0.25) is 0 Å². The van der Waals surface area contributed by atoms with E-state index in [4.69, 9.17) is 4.74 Å². The van der Waals surface area contributed by atoms with Crippen LogP contribution in [0.5, 0.6) is 0 Å². The van der Waals surface area contributed by atoms with E-state index in [-0.39, 0.29) is 18.2 Å². The zero-order chi connectivity index (χ0) is 17.7. The second kappa shape index (κ2) is 8.48. The van der Waals surface area contributed by atoms with Gasteiger partial charge in [0.2, 0.25) is 0 Å². The van der Waals surface area contributed by atoms with Gasteiger partial charge in [-0.05, 0) is 71.9 Å². The second-order valence-electron chi connectivity index (χ2n) is 7.04. The first kappa shape index (κ1) is 18.7. The van der Waals surface area contributed by atoms with Gasteiger partial charge in [0.1, 0.15) is 6.23 Å². The molecule has 3 heteroatoms. The van der Waals surface area contributed by atoms with Crippen molar-refractivity contribution in [1.29, 1.82) is 0 Å². The molecule has 1 aliphatic rings. The van der Waals surface area contributed by atoms with Gasteiger partial charge in [0.25, 0.3) is 5.91 Å². The van der Waals surface area contributed by atoms with Gasteiger partial charge < -0.3 is 4.74 Å². The van der Waals surface area contributed by atoms with E-state index < -0.39 is 0 Å². The molecule has 0 saturated heterocycles. The predicted molar refractivity (Wildman–Crippen MR) is 98.9 cm³/mol. The average Bonchev–Trinajstić information content (AvgIpc) is 2.53. The molecule has 0 aliphatic heterocycles. The van der Waals surface area contributed by atoms with Crippen LogP contribution in [0.15, 0.2) is 30.0 Å². The van der Waals surface area contributed by atoms with Crippen molar-refractivity contribution in [3.8, 4) is 0 Å². The highest BCUT2D eigenvalue weighted by atomic mass is 16.5. The van der Waals surface area contributed by atoms with Crippen LogP contribution < -0.4 is 0 Å². The largest absolute Gasteiger partial charge is 0.355 e. The summed E-state index contributed by atoms with van der Waals surface area (Å²) in [5, 5.41) is 0. The van der Waals surface area contributed by atoms with Crippen LogP contribution >= 0.6 is 0 Å². The molecule has 0 heterocycles. The van der Waals surface area contributed by atoms with Crippen LogP contribution in [0, 0.1) is 13.8 Å². The fourth-order valence-electron chi connectivity index (χ4n) is 3.38. The third kappa shape index (κ3) is 4.70. The van der Waals surface area contributed by atoms with E-state index in [9.17, 15) is 4.79 Å². The molecule has 1 aromatic carbocycles. The summed E-state index contributed by atoms with van der Waals surface area (Å²) in [4.78, 5) is 15.2. The lowest BCUT2D eigenvalue weighted by Gasteiger charge is -2.35. The predicted octanol–water partition coefficient (Wildman–Crippen LogP) is 5.36. The SMILES string of the molecule is CCC(OC(C)C)N(C(=O)c1cc(C)cc(C)c1)C1=CCCCC1. The monoisotopic (exact) mass is 329 g/mol. The average molecular weight is 329 g/mol. The summed E-state index contributed by atoms with van der Waals surface area (Å²) in [6.45, 7) is 10.2. The fourth-order valence-corrected chi connectivity index (χ4v) is 3.38. The fraction of sp³-hybridized carbons (Fsp3) is 0.571. The number of rotatable bonds is 6. The highest BCUT2D eigenvalue weighted by Crippen LogP contribution is 2.27. The number of nitrogens with zero attached hydrogens (tertiary/aromatic N) is 1. The van der Waals surface area contributed by atoms with Crippen LogP contribution in [0.3, 0.4) is 0 Å². The number of aryl methyl sites for hydroxylation is 2. The number of benzene rings is 1. The molecular weight excluding hydrogens is 298 g/mol. The van der Waals surface area contributed by atoms with Crippen molar-refractivity contribution < 1.29 is 9.53 Å². The third-order valence-electron chi connectivity index (χ3n) is 4.33. The van der Waals surface area contributed by atoms with Crippen LogP contribution in [-0.2, 0) is 4.74 Å². The number of hydrogen-bond donors (Lipinski definition) is 0. The van der Waals surface area contributed by atoms with Crippen molar-refractivity contribution in [2.24, 2.45) is 0 Å². The summed E-state index contributed by atoms with van der Waals surface area (Å²) < 4.78 is 6.08. The first-order chi connectivity index (χ1) is 11.4. The van der Waals surface area contributed by atoms with Gasteiger partial charge >= 0.3 is 0 Å². The minimum Gasteiger partial charge on any atom is -0.355 e. The van der Waals surface area contributed by atoms with Crippen molar-refractivity contribution in [1.82, 2.24) is 4.90 Å². The molecule has 0 N–H and O–H groups in total. The van der Waals surface area contributed by atoms with Crippen LogP contribution in [0.4, 0.5) is 0 Å². The summed E-state index contributed by atoms with van der Waals surface area (Å²) in [5.41, 5.74) is 4.12. The Hall–Kier alpha value is -1.61. The van der Waals surface area contributed by atoms with Crippen molar-refractivity contribution >= 4 is 5.91 Å². The first-order valence-electron chi connectivity index (χ1n) is 9.18. The highest BCUT2D eigenvalue weighted by molar-refractivity contribution is 5.96. The van der Waals surface area contributed by atoms with Gasteiger partial charge in [-0.1, -0.05) is 30.2 Å². The molecule has 0 spiro atoms. The smallest absolute Gasteiger partial charge is 0.260 e. The topological polar surface area (TPSA) is 29.5 Å². The quantitative estimate of drug-likeness (QED) is 0.657. The Kier molecular flexibility index (Phi) is 6.61. The molecule has 1 unspecified atom stereocenters. The molecule has 1 atom stereocenters. The van der Waals surface area contributed by atoms with Gasteiger partial charge in [0, 0.05) is 11.3 Å². The van der Waals surface area contributed by atoms with E-state index in [0.717, 1.165) is 48.1 Å². The standard InChI is InChI=1S/C21H31NO2/c1-6-20(24-15(2)3)22(19-10-8-7-9-11-19)21(23)18-13-16(4)12-17(5)14-18/h10,12-15,20H,6-9,11H2,1-5H3. The minimum atomic E-state index is -0.206. The number of amides is 1. The number of allylic oxidation sites excluding steroid dienone is 2. The van der Waals surface area contributed by atoms with E-state index in [1.165, 1.54) is 6.42 Å². The van der Waals surface area contributed by atoms with Gasteiger partial charge in [-0.15, -0.1) is 0 Å². The summed E-state index contributed by atoms with van der Waals surface area (Å²) in [6, 6.07) is 6.06. The zero-order valence-electron chi connectivity index (χ0n) is 15.8. The van der Waals surface area contributed by atoms with Gasteiger partial charge in [0.15, 0.2) is 0 Å². The number of carbonyl (C=O) groups excluding carboxylic acids is 1. The maximum atomic E-state index is 13.3. The second-order valence-corrected chi connectivity index (χ2v) is 7.04. The van der Waals surface area contributed by atoms with E-state index in [0.29, 0.717) is 0 Å². The Labute approximate surface area is 146 Å². The molecule has 0 bridgehead atoms. The lowest BCUT2D eigenvalue weighted by molar-refractivity contribution is -0.0645. The Balaban J connectivity index is 2.39. The van der Waals surface area contributed by atoms with Gasteiger partial charge in [-0.25, -0.2) is 0 Å². The van der Waals surface area contributed by atoms with E-state index in [1.54, 1.807) is 0 Å². The number of carbonyl (C=O) groups is 1. The van der Waals surface area contributed by atoms with Crippen molar-refractivity contribution in [2.75, 3.05) is 0 Å². The van der Waals surface area contributed by atoms with E-state index in [2.05, 4.69) is 19.1 Å². The molecule has 132 valence electrons. The molecule has 24 heavy (non-hydrogen) atoms. The molecule has 1 amide bonds. The maximum absolute atomic E-state index is 13.3. The van der Waals surface area contributed by atoms with Gasteiger partial charge in [-0.2, -0.15) is 0 Å². The summed E-state index contributed by atoms with van der Waals surface area (Å²) >= 11 is 0. The normalized spacial score (nSPS) is 16.0. The molecule has 0 radical (unpaired) electrons. The zero-order valence-corrected chi connectivity index (χ0v) is 15.8. The maximum Gasteiger partial charge on any atom is 0.260 e. The Morgan fingerprint density at radius 1 is 1.17 bits per heavy atom. The van der Waals surface area contributed by atoms with Gasteiger partial charge in [-0.3, -0.25) is 9.69 Å². The highest BCUT2D eigenvalue weighted by Gasteiger charge is 2.29. The molecule has 1 aromatic rings. The Bertz CT molecular complexity index is 584. The minimum absolute atomic E-state index is 0.0578. The molecule has 0 saturated carbocycles. The molecule has 3 nitrogen and oxygen atoms in total. The van der Waals surface area contributed by atoms with Crippen LogP contribution in [0.25, 0.3) is 0 Å². The Morgan fingerprint density at radius 2 is 1.83 bits per heavy atom. The summed E-state index contributed by atoms with van der Waals surface area (Å²) in [6.07, 6.45) is 7.23. The van der Waals surface area contributed by atoms with Gasteiger partial charge in [0.05, 0.1) is 6.10 Å². The molecule has 1 aliphatic carbocycles. The first-order valence-corrected chi connectivity index (χ1v) is 9.18. The van der Waals surface area contributed by atoms with Crippen LogP contribution in [0.1, 0.15) is 74.4 Å².